The molecule has 0 spiro atoms. The Hall–Kier alpha value is -5.69. The molecular weight excluding hydrogens is 687 g/mol. The summed E-state index contributed by atoms with van der Waals surface area (Å²) in [5, 5.41) is 58.9. The van der Waals surface area contributed by atoms with Crippen molar-refractivity contribution < 1.29 is 30.0 Å². The van der Waals surface area contributed by atoms with Gasteiger partial charge in [-0.25, -0.2) is 9.59 Å². The highest BCUT2D eigenvalue weighted by Gasteiger charge is 2.17. The van der Waals surface area contributed by atoms with Gasteiger partial charge >= 0.3 is 11.9 Å². The zero-order chi connectivity index (χ0) is 31.7. The minimum Gasteiger partial charge on any atom is -0.506 e. The third-order valence-electron chi connectivity index (χ3n) is 7.14. The lowest BCUT2D eigenvalue weighted by Gasteiger charge is -2.08. The summed E-state index contributed by atoms with van der Waals surface area (Å²) < 4.78 is 0.813. The molecule has 0 unspecified atom stereocenters. The zero-order valence-corrected chi connectivity index (χ0v) is 25.2. The van der Waals surface area contributed by atoms with E-state index < -0.39 is 11.9 Å². The summed E-state index contributed by atoms with van der Waals surface area (Å²) in [6.07, 6.45) is 0. The molecule has 0 amide bonds. The van der Waals surface area contributed by atoms with Crippen LogP contribution in [-0.4, -0.2) is 32.4 Å². The van der Waals surface area contributed by atoms with Gasteiger partial charge in [0.2, 0.25) is 0 Å². The quantitative estimate of drug-likeness (QED) is 0.0952. The Morgan fingerprint density at radius 1 is 0.511 bits per heavy atom. The van der Waals surface area contributed by atoms with Crippen LogP contribution in [0.1, 0.15) is 20.7 Å². The highest BCUT2D eigenvalue weighted by molar-refractivity contribution is 14.1. The highest BCUT2D eigenvalue weighted by Crippen LogP contribution is 2.39. The molecule has 4 N–H and O–H groups in total. The minimum absolute atomic E-state index is 0.253. The van der Waals surface area contributed by atoms with Gasteiger partial charge in [0.05, 0.1) is 22.7 Å². The van der Waals surface area contributed by atoms with E-state index in [4.69, 9.17) is 0 Å². The molecule has 0 atom stereocenters. The SMILES string of the molecule is O=C(O)c1cc(N=Nc2ccc(-c3ccc(N=Nc4cc(C(=O)O)c(O)c5ccccc45)c(I)c3)cc2)c2ccccc2c1O. The van der Waals surface area contributed by atoms with E-state index in [2.05, 4.69) is 43.0 Å². The number of phenols is 2. The second-order valence-electron chi connectivity index (χ2n) is 9.90. The van der Waals surface area contributed by atoms with E-state index in [9.17, 15) is 30.0 Å². The lowest BCUT2D eigenvalue weighted by atomic mass is 10.0. The minimum atomic E-state index is -1.26. The van der Waals surface area contributed by atoms with Gasteiger partial charge in [0.15, 0.2) is 0 Å². The topological polar surface area (TPSA) is 164 Å². The third kappa shape index (κ3) is 5.80. The first-order chi connectivity index (χ1) is 21.7. The van der Waals surface area contributed by atoms with Gasteiger partial charge in [-0.2, -0.15) is 5.11 Å². The van der Waals surface area contributed by atoms with E-state index in [-0.39, 0.29) is 22.6 Å². The molecule has 6 aromatic rings. The molecule has 0 fully saturated rings. The van der Waals surface area contributed by atoms with Crippen LogP contribution in [0.2, 0.25) is 0 Å². The molecule has 0 aliphatic carbocycles. The van der Waals surface area contributed by atoms with Crippen LogP contribution in [0.15, 0.2) is 124 Å². The highest BCUT2D eigenvalue weighted by atomic mass is 127. The largest absolute Gasteiger partial charge is 0.506 e. The Kier molecular flexibility index (Phi) is 7.92. The predicted molar refractivity (Wildman–Crippen MR) is 178 cm³/mol. The molecule has 0 aliphatic rings. The number of fused-ring (bicyclic) bond motifs is 2. The normalized spacial score (nSPS) is 11.6. The number of halogens is 1. The summed E-state index contributed by atoms with van der Waals surface area (Å²) in [4.78, 5) is 23.3. The van der Waals surface area contributed by atoms with E-state index in [1.807, 2.05) is 30.3 Å². The van der Waals surface area contributed by atoms with Gasteiger partial charge in [-0.15, -0.1) is 15.3 Å². The molecule has 0 heterocycles. The molecule has 0 bridgehead atoms. The van der Waals surface area contributed by atoms with Crippen molar-refractivity contribution in [3.8, 4) is 22.6 Å². The molecular formula is C34H21IN4O6. The van der Waals surface area contributed by atoms with Crippen molar-refractivity contribution >= 4 is 78.8 Å². The first-order valence-corrected chi connectivity index (χ1v) is 14.5. The molecule has 11 heteroatoms. The van der Waals surface area contributed by atoms with Crippen molar-refractivity contribution in [3.05, 3.63) is 118 Å². The van der Waals surface area contributed by atoms with E-state index in [1.165, 1.54) is 12.1 Å². The first-order valence-electron chi connectivity index (χ1n) is 13.4. The maximum absolute atomic E-state index is 11.7. The number of carbonyl (C=O) groups is 2. The van der Waals surface area contributed by atoms with E-state index in [0.717, 1.165) is 14.7 Å². The summed E-state index contributed by atoms with van der Waals surface area (Å²) in [6, 6.07) is 29.3. The summed E-state index contributed by atoms with van der Waals surface area (Å²) in [5.74, 6) is -3.15. The standard InChI is InChI=1S/C34H21IN4O6/c35-27-15-19(11-14-28(27)37-39-30-17-26(34(44)45)32(41)24-8-4-2-6-22(24)30)18-9-12-20(13-10-18)36-38-29-16-25(33(42)43)31(40)23-7-3-1-5-21(23)29/h1-17,40-41H,(H,42,43)(H,44,45). The van der Waals surface area contributed by atoms with Crippen molar-refractivity contribution in [2.75, 3.05) is 0 Å². The Bertz CT molecular complexity index is 2210. The van der Waals surface area contributed by atoms with Crippen molar-refractivity contribution in [2.24, 2.45) is 20.5 Å². The second kappa shape index (κ2) is 12.1. The van der Waals surface area contributed by atoms with Gasteiger partial charge in [0.25, 0.3) is 0 Å². The van der Waals surface area contributed by atoms with Crippen LogP contribution in [-0.2, 0) is 0 Å². The Balaban J connectivity index is 1.25. The van der Waals surface area contributed by atoms with Crippen molar-refractivity contribution in [1.29, 1.82) is 0 Å². The van der Waals surface area contributed by atoms with Gasteiger partial charge in [0, 0.05) is 25.1 Å². The number of aromatic hydroxyl groups is 2. The molecule has 0 saturated heterocycles. The molecule has 6 rings (SSSR count). The Labute approximate surface area is 268 Å². The maximum atomic E-state index is 11.7. The van der Waals surface area contributed by atoms with Gasteiger partial charge in [-0.3, -0.25) is 0 Å². The number of carboxylic acids is 2. The van der Waals surface area contributed by atoms with Gasteiger partial charge in [-0.05, 0) is 70.1 Å². The summed E-state index contributed by atoms with van der Waals surface area (Å²) in [7, 11) is 0. The summed E-state index contributed by atoms with van der Waals surface area (Å²) in [6.45, 7) is 0. The Morgan fingerprint density at radius 2 is 0.956 bits per heavy atom. The monoisotopic (exact) mass is 708 g/mol. The van der Waals surface area contributed by atoms with Crippen molar-refractivity contribution in [2.45, 2.75) is 0 Å². The number of hydrogen-bond donors (Lipinski definition) is 4. The summed E-state index contributed by atoms with van der Waals surface area (Å²) >= 11 is 2.16. The van der Waals surface area contributed by atoms with E-state index in [0.29, 0.717) is 44.3 Å². The molecule has 10 nitrogen and oxygen atoms in total. The first kappa shape index (κ1) is 29.4. The third-order valence-corrected chi connectivity index (χ3v) is 8.00. The molecule has 0 saturated carbocycles. The van der Waals surface area contributed by atoms with Crippen molar-refractivity contribution in [3.63, 3.8) is 0 Å². The number of azo groups is 2. The number of nitrogens with zero attached hydrogens (tertiary/aromatic N) is 4. The molecule has 45 heavy (non-hydrogen) atoms. The second-order valence-corrected chi connectivity index (χ2v) is 11.1. The Morgan fingerprint density at radius 3 is 1.44 bits per heavy atom. The number of rotatable bonds is 7. The fourth-order valence-electron chi connectivity index (χ4n) is 4.88. The predicted octanol–water partition coefficient (Wildman–Crippen LogP) is 9.90. The van der Waals surface area contributed by atoms with E-state index >= 15 is 0 Å². The van der Waals surface area contributed by atoms with Gasteiger partial charge < -0.3 is 20.4 Å². The number of aromatic carboxylic acids is 2. The molecule has 0 radical (unpaired) electrons. The number of hydrogen-bond acceptors (Lipinski definition) is 8. The smallest absolute Gasteiger partial charge is 0.339 e. The molecule has 0 aromatic heterocycles. The average Bonchev–Trinajstić information content (AvgIpc) is 3.05. The van der Waals surface area contributed by atoms with Gasteiger partial charge in [-0.1, -0.05) is 66.7 Å². The van der Waals surface area contributed by atoms with Crippen LogP contribution in [0.5, 0.6) is 11.5 Å². The fourth-order valence-corrected chi connectivity index (χ4v) is 5.50. The van der Waals surface area contributed by atoms with Crippen LogP contribution in [0.4, 0.5) is 22.7 Å². The van der Waals surface area contributed by atoms with Crippen LogP contribution in [0.25, 0.3) is 32.7 Å². The van der Waals surface area contributed by atoms with Crippen LogP contribution >= 0.6 is 22.6 Å². The molecule has 220 valence electrons. The van der Waals surface area contributed by atoms with Gasteiger partial charge in [0.1, 0.15) is 22.6 Å². The maximum Gasteiger partial charge on any atom is 0.339 e. The van der Waals surface area contributed by atoms with E-state index in [1.54, 1.807) is 60.7 Å². The lowest BCUT2D eigenvalue weighted by molar-refractivity contribution is 0.0682. The molecule has 6 aromatic carbocycles. The zero-order valence-electron chi connectivity index (χ0n) is 23.1. The fraction of sp³-hybridized carbons (Fsp3) is 0. The van der Waals surface area contributed by atoms with Crippen LogP contribution in [0, 0.1) is 3.57 Å². The summed E-state index contributed by atoms with van der Waals surface area (Å²) in [5.41, 5.74) is 3.10. The number of benzene rings is 6. The van der Waals surface area contributed by atoms with Crippen LogP contribution in [0.3, 0.4) is 0 Å². The van der Waals surface area contributed by atoms with Crippen LogP contribution < -0.4 is 0 Å². The lowest BCUT2D eigenvalue weighted by Crippen LogP contribution is -1.97. The molecule has 0 aliphatic heterocycles. The number of carboxylic acid groups (broad SMARTS) is 2. The van der Waals surface area contributed by atoms with Crippen molar-refractivity contribution in [1.82, 2.24) is 0 Å². The average molecular weight is 708 g/mol.